The van der Waals surface area contributed by atoms with Gasteiger partial charge in [0.1, 0.15) is 11.8 Å². The predicted molar refractivity (Wildman–Crippen MR) is 121 cm³/mol. The van der Waals surface area contributed by atoms with Crippen molar-refractivity contribution in [2.45, 2.75) is 57.5 Å². The van der Waals surface area contributed by atoms with E-state index in [1.807, 2.05) is 0 Å². The molecule has 3 aromatic rings. The van der Waals surface area contributed by atoms with Gasteiger partial charge in [0, 0.05) is 40.6 Å². The first-order valence-corrected chi connectivity index (χ1v) is 11.7. The highest BCUT2D eigenvalue weighted by Crippen LogP contribution is 2.44. The van der Waals surface area contributed by atoms with E-state index in [2.05, 4.69) is 58.5 Å². The molecular weight excluding hydrogens is 397 g/mol. The molecule has 0 spiro atoms. The quantitative estimate of drug-likeness (QED) is 0.598. The maximum atomic E-state index is 14.8. The van der Waals surface area contributed by atoms with Crippen LogP contribution in [0.15, 0.2) is 36.4 Å². The van der Waals surface area contributed by atoms with Gasteiger partial charge in [0.2, 0.25) is 0 Å². The van der Waals surface area contributed by atoms with Crippen LogP contribution in [0.5, 0.6) is 5.06 Å². The van der Waals surface area contributed by atoms with Crippen LogP contribution in [0.3, 0.4) is 0 Å². The number of benzene rings is 1. The molecule has 4 nitrogen and oxygen atoms in total. The summed E-state index contributed by atoms with van der Waals surface area (Å²) >= 11 is 1.70. The minimum absolute atomic E-state index is 0.00947. The highest BCUT2D eigenvalue weighted by Gasteiger charge is 2.39. The Bertz CT molecular complexity index is 1030. The van der Waals surface area contributed by atoms with Crippen molar-refractivity contribution in [2.75, 3.05) is 19.6 Å². The van der Waals surface area contributed by atoms with Crippen molar-refractivity contribution >= 4 is 22.2 Å². The van der Waals surface area contributed by atoms with E-state index in [0.717, 1.165) is 36.5 Å². The summed E-state index contributed by atoms with van der Waals surface area (Å²) in [5.74, 6) is 0. The van der Waals surface area contributed by atoms with Crippen molar-refractivity contribution in [2.24, 2.45) is 0 Å². The average Bonchev–Trinajstić information content (AvgIpc) is 3.42. The zero-order chi connectivity index (χ0) is 20.9. The molecule has 30 heavy (non-hydrogen) atoms. The molecule has 2 N–H and O–H groups in total. The second kappa shape index (κ2) is 7.66. The zero-order valence-electron chi connectivity index (χ0n) is 17.9. The summed E-state index contributed by atoms with van der Waals surface area (Å²) in [6.45, 7) is 7.89. The Kier molecular flexibility index (Phi) is 5.12. The molecule has 0 aliphatic carbocycles. The first-order valence-electron chi connectivity index (χ1n) is 10.9. The lowest BCUT2D eigenvalue weighted by Gasteiger charge is -2.42. The molecule has 1 saturated heterocycles. The van der Waals surface area contributed by atoms with Crippen LogP contribution >= 0.6 is 11.3 Å². The molecule has 0 radical (unpaired) electrons. The Balaban J connectivity index is 1.56. The number of hydrogen-bond donors (Lipinski definition) is 2. The number of H-pyrrole nitrogens is 1. The van der Waals surface area contributed by atoms with E-state index < -0.39 is 5.67 Å². The number of fused-ring (bicyclic) bond motifs is 3. The Morgan fingerprint density at radius 2 is 2.07 bits per heavy atom. The molecule has 0 amide bonds. The summed E-state index contributed by atoms with van der Waals surface area (Å²) in [6, 6.07) is 13.0. The van der Waals surface area contributed by atoms with Crippen LogP contribution in [0.1, 0.15) is 49.4 Å². The summed E-state index contributed by atoms with van der Waals surface area (Å²) in [5, 5.41) is 5.59. The third kappa shape index (κ3) is 3.77. The number of aromatic nitrogens is 1. The Morgan fingerprint density at radius 3 is 2.83 bits per heavy atom. The molecule has 2 aliphatic heterocycles. The van der Waals surface area contributed by atoms with Crippen molar-refractivity contribution in [3.8, 4) is 5.06 Å². The lowest BCUT2D eigenvalue weighted by Crippen LogP contribution is -2.47. The van der Waals surface area contributed by atoms with Gasteiger partial charge in [-0.05, 0) is 63.9 Å². The van der Waals surface area contributed by atoms with Crippen molar-refractivity contribution in [1.29, 1.82) is 0 Å². The number of halogens is 1. The zero-order valence-corrected chi connectivity index (χ0v) is 18.7. The second-order valence-corrected chi connectivity index (χ2v) is 10.4. The third-order valence-corrected chi connectivity index (χ3v) is 7.27. The van der Waals surface area contributed by atoms with Gasteiger partial charge in [0.25, 0.3) is 0 Å². The number of nitrogens with one attached hydrogen (secondary N) is 2. The van der Waals surface area contributed by atoms with Crippen LogP contribution in [-0.2, 0) is 6.42 Å². The van der Waals surface area contributed by atoms with E-state index in [1.54, 1.807) is 25.2 Å². The summed E-state index contributed by atoms with van der Waals surface area (Å²) in [6.07, 6.45) is 2.21. The van der Waals surface area contributed by atoms with Gasteiger partial charge in [-0.1, -0.05) is 18.2 Å². The molecule has 4 heterocycles. The molecule has 160 valence electrons. The Morgan fingerprint density at radius 1 is 1.23 bits per heavy atom. The summed E-state index contributed by atoms with van der Waals surface area (Å²) < 4.78 is 21.0. The Hall–Kier alpha value is -1.89. The van der Waals surface area contributed by atoms with E-state index in [1.165, 1.54) is 21.5 Å². The average molecular weight is 428 g/mol. The third-order valence-electron chi connectivity index (χ3n) is 6.25. The van der Waals surface area contributed by atoms with Gasteiger partial charge in [-0.25, -0.2) is 4.39 Å². The second-order valence-electron chi connectivity index (χ2n) is 9.30. The standard InChI is InChI=1S/C24H30FN3OS/c1-15-12-18-17-6-4-5-7-19(17)27-22(18)23(28(15)14-24(2,3)25)20-8-9-21(30-20)29-16-10-11-26-13-16/h4-9,15-16,23,26-27H,10-14H2,1-3H3/t15-,16-,23-/m1/s1. The van der Waals surface area contributed by atoms with Crippen molar-refractivity contribution in [3.05, 3.63) is 52.5 Å². The van der Waals surface area contributed by atoms with Crippen LogP contribution in [-0.4, -0.2) is 47.3 Å². The number of thiophene rings is 1. The fourth-order valence-electron chi connectivity index (χ4n) is 4.93. The van der Waals surface area contributed by atoms with Crippen LogP contribution in [0.25, 0.3) is 10.9 Å². The SMILES string of the molecule is C[C@@H]1Cc2c([nH]c3ccccc23)[C@@H](c2ccc(O[C@@H]3CCNC3)s2)N1CC(C)(C)F. The molecule has 0 unspecified atom stereocenters. The number of ether oxygens (including phenoxy) is 1. The first kappa shape index (κ1) is 20.0. The largest absolute Gasteiger partial charge is 0.479 e. The summed E-state index contributed by atoms with van der Waals surface area (Å²) in [5.41, 5.74) is 2.47. The van der Waals surface area contributed by atoms with E-state index in [4.69, 9.17) is 4.74 Å². The molecule has 1 fully saturated rings. The fraction of sp³-hybridized carbons (Fsp3) is 0.500. The smallest absolute Gasteiger partial charge is 0.174 e. The van der Waals surface area contributed by atoms with Gasteiger partial charge in [-0.2, -0.15) is 0 Å². The molecule has 0 saturated carbocycles. The van der Waals surface area contributed by atoms with Gasteiger partial charge in [-0.15, -0.1) is 11.3 Å². The van der Waals surface area contributed by atoms with Crippen molar-refractivity contribution < 1.29 is 9.13 Å². The number of nitrogens with zero attached hydrogens (tertiary/aromatic N) is 1. The summed E-state index contributed by atoms with van der Waals surface area (Å²) in [7, 11) is 0. The molecule has 6 heteroatoms. The van der Waals surface area contributed by atoms with Crippen LogP contribution in [0, 0.1) is 0 Å². The fourth-order valence-corrected chi connectivity index (χ4v) is 5.99. The van der Waals surface area contributed by atoms with Crippen molar-refractivity contribution in [3.63, 3.8) is 0 Å². The van der Waals surface area contributed by atoms with Crippen LogP contribution in [0.2, 0.25) is 0 Å². The molecule has 5 rings (SSSR count). The van der Waals surface area contributed by atoms with Gasteiger partial charge in [-0.3, -0.25) is 4.90 Å². The van der Waals surface area contributed by atoms with Gasteiger partial charge >= 0.3 is 0 Å². The molecule has 0 bridgehead atoms. The normalized spacial score (nSPS) is 25.0. The lowest BCUT2D eigenvalue weighted by molar-refractivity contribution is 0.0679. The number of rotatable bonds is 5. The van der Waals surface area contributed by atoms with Gasteiger partial charge < -0.3 is 15.0 Å². The molecule has 2 aromatic heterocycles. The first-order chi connectivity index (χ1) is 14.4. The number of para-hydroxylation sites is 1. The molecule has 2 aliphatic rings. The lowest BCUT2D eigenvalue weighted by atomic mass is 9.90. The van der Waals surface area contributed by atoms with E-state index in [9.17, 15) is 4.39 Å². The van der Waals surface area contributed by atoms with E-state index in [-0.39, 0.29) is 18.2 Å². The monoisotopic (exact) mass is 427 g/mol. The topological polar surface area (TPSA) is 40.3 Å². The molecule has 3 atom stereocenters. The maximum Gasteiger partial charge on any atom is 0.174 e. The van der Waals surface area contributed by atoms with Crippen LogP contribution < -0.4 is 10.1 Å². The molecule has 1 aromatic carbocycles. The maximum absolute atomic E-state index is 14.8. The highest BCUT2D eigenvalue weighted by molar-refractivity contribution is 7.13. The van der Waals surface area contributed by atoms with Gasteiger partial charge in [0.05, 0.1) is 6.04 Å². The van der Waals surface area contributed by atoms with E-state index in [0.29, 0.717) is 6.54 Å². The predicted octanol–water partition coefficient (Wildman–Crippen LogP) is 5.05. The number of hydrogen-bond acceptors (Lipinski definition) is 4. The van der Waals surface area contributed by atoms with Crippen LogP contribution in [0.4, 0.5) is 4.39 Å². The van der Waals surface area contributed by atoms with Gasteiger partial charge in [0.15, 0.2) is 5.06 Å². The number of alkyl halides is 1. The highest BCUT2D eigenvalue weighted by atomic mass is 32.1. The molecular formula is C24H30FN3OS. The minimum Gasteiger partial charge on any atom is -0.479 e. The van der Waals surface area contributed by atoms with E-state index >= 15 is 0 Å². The minimum atomic E-state index is -1.26. The number of aromatic amines is 1. The summed E-state index contributed by atoms with van der Waals surface area (Å²) in [4.78, 5) is 7.21. The Labute approximate surface area is 181 Å². The van der Waals surface area contributed by atoms with Crippen molar-refractivity contribution in [1.82, 2.24) is 15.2 Å².